The molecular weight excluding hydrogens is 375 g/mol. The lowest BCUT2D eigenvalue weighted by atomic mass is 10.2. The second-order valence-corrected chi connectivity index (χ2v) is 6.07. The van der Waals surface area contributed by atoms with Gasteiger partial charge in [-0.2, -0.15) is 0 Å². The lowest BCUT2D eigenvalue weighted by Crippen LogP contribution is -2.13. The summed E-state index contributed by atoms with van der Waals surface area (Å²) in [5.74, 6) is 0.694. The molecule has 0 spiro atoms. The Hall–Kier alpha value is -2.83. The molecule has 1 aromatic heterocycles. The van der Waals surface area contributed by atoms with Crippen LogP contribution in [0.25, 0.3) is 0 Å². The number of ether oxygens (including phenoxy) is 1. The largest absolute Gasteiger partial charge is 0.497 e. The second-order valence-electron chi connectivity index (χ2n) is 5.23. The van der Waals surface area contributed by atoms with Gasteiger partial charge in [-0.05, 0) is 42.5 Å². The van der Waals surface area contributed by atoms with Gasteiger partial charge in [-0.3, -0.25) is 4.79 Å². The van der Waals surface area contributed by atoms with Crippen LogP contribution in [0.15, 0.2) is 54.9 Å². The monoisotopic (exact) mass is 388 g/mol. The topological polar surface area (TPSA) is 76.1 Å². The maximum absolute atomic E-state index is 12.3. The summed E-state index contributed by atoms with van der Waals surface area (Å²) in [6.45, 7) is 0. The van der Waals surface area contributed by atoms with Gasteiger partial charge in [-0.25, -0.2) is 9.97 Å². The fraction of sp³-hybridized carbons (Fsp3) is 0.0556. The molecular formula is C18H14Cl2N4O2. The highest BCUT2D eigenvalue weighted by molar-refractivity contribution is 6.35. The number of rotatable bonds is 5. The Kier molecular flexibility index (Phi) is 5.55. The lowest BCUT2D eigenvalue weighted by molar-refractivity contribution is 0.102. The summed E-state index contributed by atoms with van der Waals surface area (Å²) in [5.41, 5.74) is 1.54. The Balaban J connectivity index is 1.68. The Morgan fingerprint density at radius 2 is 1.73 bits per heavy atom. The molecule has 0 radical (unpaired) electrons. The number of anilines is 3. The minimum Gasteiger partial charge on any atom is -0.497 e. The van der Waals surface area contributed by atoms with E-state index in [2.05, 4.69) is 20.6 Å². The quantitative estimate of drug-likeness (QED) is 0.656. The predicted molar refractivity (Wildman–Crippen MR) is 103 cm³/mol. The van der Waals surface area contributed by atoms with E-state index in [9.17, 15) is 4.79 Å². The van der Waals surface area contributed by atoms with Gasteiger partial charge in [-0.15, -0.1) is 0 Å². The number of hydrogen-bond acceptors (Lipinski definition) is 5. The van der Waals surface area contributed by atoms with E-state index in [1.807, 2.05) is 0 Å². The Morgan fingerprint density at radius 3 is 2.38 bits per heavy atom. The Morgan fingerprint density at radius 1 is 1.04 bits per heavy atom. The van der Waals surface area contributed by atoms with Crippen LogP contribution in [0.2, 0.25) is 10.0 Å². The highest BCUT2D eigenvalue weighted by atomic mass is 35.5. The molecule has 0 fully saturated rings. The summed E-state index contributed by atoms with van der Waals surface area (Å²) in [4.78, 5) is 20.5. The van der Waals surface area contributed by atoms with E-state index in [-0.39, 0.29) is 5.91 Å². The first-order valence-corrected chi connectivity index (χ1v) is 8.30. The number of hydrogen-bond donors (Lipinski definition) is 2. The van der Waals surface area contributed by atoms with Crippen molar-refractivity contribution in [2.45, 2.75) is 0 Å². The average Bonchev–Trinajstić information content (AvgIpc) is 2.66. The normalized spacial score (nSPS) is 10.3. The highest BCUT2D eigenvalue weighted by Gasteiger charge is 2.09. The zero-order valence-corrected chi connectivity index (χ0v) is 15.2. The van der Waals surface area contributed by atoms with Crippen molar-refractivity contribution in [1.82, 2.24) is 9.97 Å². The third-order valence-corrected chi connectivity index (χ3v) is 4.00. The molecule has 2 aromatic carbocycles. The van der Waals surface area contributed by atoms with Crippen LogP contribution in [0.3, 0.4) is 0 Å². The number of carbonyl (C=O) groups is 1. The first-order valence-electron chi connectivity index (χ1n) is 7.54. The van der Waals surface area contributed by atoms with Crippen molar-refractivity contribution in [1.29, 1.82) is 0 Å². The fourth-order valence-electron chi connectivity index (χ4n) is 2.10. The second kappa shape index (κ2) is 8.03. The summed E-state index contributed by atoms with van der Waals surface area (Å²) < 4.78 is 5.08. The van der Waals surface area contributed by atoms with Crippen LogP contribution < -0.4 is 15.4 Å². The van der Waals surface area contributed by atoms with Crippen LogP contribution in [0.1, 0.15) is 10.4 Å². The zero-order valence-electron chi connectivity index (χ0n) is 13.7. The molecule has 0 aliphatic rings. The molecule has 26 heavy (non-hydrogen) atoms. The molecule has 8 heteroatoms. The third-order valence-electron chi connectivity index (χ3n) is 3.44. The van der Waals surface area contributed by atoms with E-state index >= 15 is 0 Å². The van der Waals surface area contributed by atoms with Crippen LogP contribution in [0, 0.1) is 0 Å². The van der Waals surface area contributed by atoms with Gasteiger partial charge in [0.05, 0.1) is 23.4 Å². The summed E-state index contributed by atoms with van der Waals surface area (Å²) in [6, 6.07) is 12.0. The van der Waals surface area contributed by atoms with Gasteiger partial charge in [0, 0.05) is 23.1 Å². The maximum Gasteiger partial charge on any atom is 0.258 e. The zero-order chi connectivity index (χ0) is 18.5. The molecule has 0 atom stereocenters. The number of amides is 1. The first-order chi connectivity index (χ1) is 12.5. The molecule has 0 unspecified atom stereocenters. The molecule has 1 amide bonds. The number of benzene rings is 2. The van der Waals surface area contributed by atoms with Crippen molar-refractivity contribution in [3.63, 3.8) is 0 Å². The van der Waals surface area contributed by atoms with Gasteiger partial charge in [0.2, 0.25) is 5.95 Å². The van der Waals surface area contributed by atoms with Gasteiger partial charge in [-0.1, -0.05) is 23.2 Å². The fourth-order valence-corrected chi connectivity index (χ4v) is 2.44. The molecule has 2 N–H and O–H groups in total. The standard InChI is InChI=1S/C18H14Cl2N4O2/c1-26-14-5-3-13(4-6-14)23-17(25)11-9-21-18(22-10-11)24-16-8-12(19)2-7-15(16)20/h2-10H,1H3,(H,23,25)(H,21,22,24). The highest BCUT2D eigenvalue weighted by Crippen LogP contribution is 2.27. The van der Waals surface area contributed by atoms with Crippen molar-refractivity contribution in [2.24, 2.45) is 0 Å². The van der Waals surface area contributed by atoms with Gasteiger partial charge >= 0.3 is 0 Å². The van der Waals surface area contributed by atoms with Gasteiger partial charge < -0.3 is 15.4 Å². The van der Waals surface area contributed by atoms with E-state index in [0.717, 1.165) is 0 Å². The number of methoxy groups -OCH3 is 1. The SMILES string of the molecule is COc1ccc(NC(=O)c2cnc(Nc3cc(Cl)ccc3Cl)nc2)cc1. The van der Waals surface area contributed by atoms with Crippen molar-refractivity contribution in [3.8, 4) is 5.75 Å². The average molecular weight is 389 g/mol. The van der Waals surface area contributed by atoms with Crippen LogP contribution in [-0.4, -0.2) is 23.0 Å². The van der Waals surface area contributed by atoms with Crippen molar-refractivity contribution in [2.75, 3.05) is 17.7 Å². The van der Waals surface area contributed by atoms with Crippen LogP contribution in [-0.2, 0) is 0 Å². The minimum absolute atomic E-state index is 0.301. The summed E-state index contributed by atoms with van der Waals surface area (Å²) in [7, 11) is 1.58. The van der Waals surface area contributed by atoms with E-state index in [1.54, 1.807) is 49.6 Å². The van der Waals surface area contributed by atoms with E-state index in [0.29, 0.717) is 38.7 Å². The van der Waals surface area contributed by atoms with Crippen LogP contribution >= 0.6 is 23.2 Å². The van der Waals surface area contributed by atoms with E-state index < -0.39 is 0 Å². The number of aromatic nitrogens is 2. The molecule has 6 nitrogen and oxygen atoms in total. The van der Waals surface area contributed by atoms with Crippen molar-refractivity contribution >= 4 is 46.4 Å². The molecule has 0 saturated carbocycles. The van der Waals surface area contributed by atoms with Crippen LogP contribution in [0.5, 0.6) is 5.75 Å². The van der Waals surface area contributed by atoms with E-state index in [4.69, 9.17) is 27.9 Å². The molecule has 1 heterocycles. The van der Waals surface area contributed by atoms with Gasteiger partial charge in [0.15, 0.2) is 0 Å². The molecule has 0 saturated heterocycles. The number of nitrogens with one attached hydrogen (secondary N) is 2. The molecule has 0 aliphatic carbocycles. The molecule has 132 valence electrons. The number of nitrogens with zero attached hydrogens (tertiary/aromatic N) is 2. The first kappa shape index (κ1) is 18.0. The molecule has 3 aromatic rings. The molecule has 0 bridgehead atoms. The molecule has 3 rings (SSSR count). The number of carbonyl (C=O) groups excluding carboxylic acids is 1. The summed E-state index contributed by atoms with van der Waals surface area (Å²) in [5, 5.41) is 6.74. The smallest absolute Gasteiger partial charge is 0.258 e. The van der Waals surface area contributed by atoms with E-state index in [1.165, 1.54) is 12.4 Å². The molecule has 0 aliphatic heterocycles. The van der Waals surface area contributed by atoms with Gasteiger partial charge in [0.1, 0.15) is 5.75 Å². The van der Waals surface area contributed by atoms with Gasteiger partial charge in [0.25, 0.3) is 5.91 Å². The predicted octanol–water partition coefficient (Wildman–Crippen LogP) is 4.79. The Bertz CT molecular complexity index is 915. The summed E-state index contributed by atoms with van der Waals surface area (Å²) >= 11 is 12.0. The Labute approximate surface area is 160 Å². The number of halogens is 2. The van der Waals surface area contributed by atoms with Crippen molar-refractivity contribution in [3.05, 3.63) is 70.5 Å². The lowest BCUT2D eigenvalue weighted by Gasteiger charge is -2.08. The maximum atomic E-state index is 12.3. The summed E-state index contributed by atoms with van der Waals surface area (Å²) in [6.07, 6.45) is 2.85. The third kappa shape index (κ3) is 4.41. The van der Waals surface area contributed by atoms with Crippen LogP contribution in [0.4, 0.5) is 17.3 Å². The minimum atomic E-state index is -0.317. The van der Waals surface area contributed by atoms with Crippen molar-refractivity contribution < 1.29 is 9.53 Å².